The Morgan fingerprint density at radius 2 is 1.56 bits per heavy atom. The normalized spacial score (nSPS) is 10.7. The van der Waals surface area contributed by atoms with Crippen molar-refractivity contribution < 1.29 is 23.7 Å². The number of carbonyl (C=O) groups excluding carboxylic acids is 1. The first-order chi connectivity index (χ1) is 16.5. The predicted molar refractivity (Wildman–Crippen MR) is 134 cm³/mol. The van der Waals surface area contributed by atoms with E-state index in [1.807, 2.05) is 48.5 Å². The van der Waals surface area contributed by atoms with Crippen molar-refractivity contribution in [1.82, 2.24) is 5.32 Å². The monoisotopic (exact) mass is 481 g/mol. The Morgan fingerprint density at radius 1 is 0.853 bits per heavy atom. The molecule has 7 heteroatoms. The number of ether oxygens (including phenoxy) is 4. The summed E-state index contributed by atoms with van der Waals surface area (Å²) in [5.74, 6) is 2.17. The Balaban J connectivity index is 1.56. The molecule has 0 heterocycles. The molecule has 3 aromatic carbocycles. The number of carbonyl (C=O) groups is 1. The van der Waals surface area contributed by atoms with Crippen LogP contribution in [0, 0.1) is 0 Å². The van der Waals surface area contributed by atoms with Gasteiger partial charge in [0.2, 0.25) is 5.91 Å². The van der Waals surface area contributed by atoms with E-state index >= 15 is 0 Å². The van der Waals surface area contributed by atoms with Crippen molar-refractivity contribution in [2.45, 2.75) is 13.0 Å². The Bertz CT molecular complexity index is 1130. The molecule has 0 aliphatic heterocycles. The van der Waals surface area contributed by atoms with Crippen molar-refractivity contribution in [1.29, 1.82) is 0 Å². The van der Waals surface area contributed by atoms with Gasteiger partial charge in [0.15, 0.2) is 23.0 Å². The van der Waals surface area contributed by atoms with E-state index in [0.29, 0.717) is 53.2 Å². The molecule has 0 spiro atoms. The number of halogens is 1. The second-order valence-corrected chi connectivity index (χ2v) is 7.77. The highest BCUT2D eigenvalue weighted by molar-refractivity contribution is 6.32. The van der Waals surface area contributed by atoms with Gasteiger partial charge in [-0.3, -0.25) is 4.79 Å². The summed E-state index contributed by atoms with van der Waals surface area (Å²) in [6.07, 6.45) is 3.72. The van der Waals surface area contributed by atoms with Crippen molar-refractivity contribution in [2.75, 3.05) is 27.9 Å². The molecule has 0 atom stereocenters. The zero-order valence-corrected chi connectivity index (χ0v) is 20.2. The van der Waals surface area contributed by atoms with Gasteiger partial charge < -0.3 is 24.3 Å². The number of hydrogen-bond donors (Lipinski definition) is 1. The lowest BCUT2D eigenvalue weighted by molar-refractivity contribution is -0.116. The van der Waals surface area contributed by atoms with E-state index in [9.17, 15) is 4.79 Å². The molecule has 0 bridgehead atoms. The van der Waals surface area contributed by atoms with E-state index in [-0.39, 0.29) is 5.91 Å². The van der Waals surface area contributed by atoms with E-state index in [0.717, 1.165) is 11.1 Å². The van der Waals surface area contributed by atoms with Crippen molar-refractivity contribution >= 4 is 23.6 Å². The third-order valence-corrected chi connectivity index (χ3v) is 5.42. The molecule has 0 aliphatic carbocycles. The highest BCUT2D eigenvalue weighted by Gasteiger charge is 2.09. The van der Waals surface area contributed by atoms with Crippen LogP contribution < -0.4 is 24.3 Å². The van der Waals surface area contributed by atoms with Gasteiger partial charge in [0.05, 0.1) is 26.4 Å². The first-order valence-electron chi connectivity index (χ1n) is 10.7. The quantitative estimate of drug-likeness (QED) is 0.376. The average Bonchev–Trinajstić information content (AvgIpc) is 2.87. The molecule has 178 valence electrons. The van der Waals surface area contributed by atoms with E-state index < -0.39 is 0 Å². The lowest BCUT2D eigenvalue weighted by Crippen LogP contribution is -2.23. The lowest BCUT2D eigenvalue weighted by Gasteiger charge is -2.13. The number of rotatable bonds is 11. The zero-order valence-electron chi connectivity index (χ0n) is 19.5. The summed E-state index contributed by atoms with van der Waals surface area (Å²) in [5, 5.41) is 3.34. The fourth-order valence-electron chi connectivity index (χ4n) is 3.28. The SMILES string of the molecule is COc1cc(Cl)c(/C=C/C(=O)NCCc2ccc(OC)c(OCc3ccccc3)c2)cc1OC. The second kappa shape index (κ2) is 12.6. The predicted octanol–water partition coefficient (Wildman–Crippen LogP) is 5.32. The number of nitrogens with one attached hydrogen (secondary N) is 1. The molecule has 0 fully saturated rings. The highest BCUT2D eigenvalue weighted by atomic mass is 35.5. The van der Waals surface area contributed by atoms with Crippen LogP contribution in [0.15, 0.2) is 66.7 Å². The van der Waals surface area contributed by atoms with Crippen LogP contribution in [0.5, 0.6) is 23.0 Å². The summed E-state index contributed by atoms with van der Waals surface area (Å²) in [5.41, 5.74) is 2.75. The number of hydrogen-bond acceptors (Lipinski definition) is 5. The van der Waals surface area contributed by atoms with Crippen molar-refractivity contribution in [3.05, 3.63) is 88.5 Å². The molecule has 34 heavy (non-hydrogen) atoms. The average molecular weight is 482 g/mol. The maximum absolute atomic E-state index is 12.3. The van der Waals surface area contributed by atoms with Crippen LogP contribution >= 0.6 is 11.6 Å². The third kappa shape index (κ3) is 6.93. The van der Waals surface area contributed by atoms with Crippen LogP contribution in [0.2, 0.25) is 5.02 Å². The van der Waals surface area contributed by atoms with Gasteiger partial charge in [-0.2, -0.15) is 0 Å². The molecule has 0 saturated carbocycles. The molecule has 0 aliphatic rings. The molecule has 0 unspecified atom stereocenters. The van der Waals surface area contributed by atoms with E-state index in [4.69, 9.17) is 30.5 Å². The molecule has 1 amide bonds. The summed E-state index contributed by atoms with van der Waals surface area (Å²) in [6, 6.07) is 19.1. The maximum atomic E-state index is 12.3. The molecule has 6 nitrogen and oxygen atoms in total. The minimum absolute atomic E-state index is 0.222. The summed E-state index contributed by atoms with van der Waals surface area (Å²) in [6.45, 7) is 0.911. The van der Waals surface area contributed by atoms with Crippen LogP contribution in [0.3, 0.4) is 0 Å². The molecule has 0 saturated heterocycles. The number of benzene rings is 3. The standard InChI is InChI=1S/C27H28ClNO5/c1-31-23-11-9-19(15-26(23)34-18-20-7-5-4-6-8-20)13-14-29-27(30)12-10-21-16-24(32-2)25(33-3)17-22(21)28/h4-12,15-17H,13-14,18H2,1-3H3,(H,29,30)/b12-10+. The van der Waals surface area contributed by atoms with E-state index in [1.165, 1.54) is 6.08 Å². The van der Waals surface area contributed by atoms with Crippen molar-refractivity contribution in [2.24, 2.45) is 0 Å². The van der Waals surface area contributed by atoms with Gasteiger partial charge in [0.1, 0.15) is 6.61 Å². The van der Waals surface area contributed by atoms with Gasteiger partial charge in [-0.05, 0) is 47.4 Å². The van der Waals surface area contributed by atoms with Gasteiger partial charge in [-0.25, -0.2) is 0 Å². The minimum Gasteiger partial charge on any atom is -0.493 e. The highest BCUT2D eigenvalue weighted by Crippen LogP contribution is 2.33. The van der Waals surface area contributed by atoms with E-state index in [1.54, 1.807) is 39.5 Å². The minimum atomic E-state index is -0.222. The third-order valence-electron chi connectivity index (χ3n) is 5.10. The van der Waals surface area contributed by atoms with Crippen LogP contribution in [0.4, 0.5) is 0 Å². The van der Waals surface area contributed by atoms with E-state index in [2.05, 4.69) is 5.32 Å². The van der Waals surface area contributed by atoms with Crippen molar-refractivity contribution in [3.8, 4) is 23.0 Å². The van der Waals surface area contributed by atoms with Gasteiger partial charge in [0.25, 0.3) is 0 Å². The van der Waals surface area contributed by atoms with Crippen molar-refractivity contribution in [3.63, 3.8) is 0 Å². The molecule has 1 N–H and O–H groups in total. The Labute approximate surface area is 205 Å². The first kappa shape index (κ1) is 25.0. The number of amides is 1. The fourth-order valence-corrected chi connectivity index (χ4v) is 3.49. The molecule has 0 radical (unpaired) electrons. The van der Waals surface area contributed by atoms with Gasteiger partial charge in [-0.1, -0.05) is 48.0 Å². The van der Waals surface area contributed by atoms with Gasteiger partial charge in [0, 0.05) is 18.7 Å². The lowest BCUT2D eigenvalue weighted by atomic mass is 10.1. The summed E-state index contributed by atoms with van der Waals surface area (Å²) >= 11 is 6.27. The second-order valence-electron chi connectivity index (χ2n) is 7.36. The van der Waals surface area contributed by atoms with Crippen LogP contribution in [-0.4, -0.2) is 33.8 Å². The first-order valence-corrected chi connectivity index (χ1v) is 11.1. The molecule has 3 rings (SSSR count). The molecular formula is C27H28ClNO5. The maximum Gasteiger partial charge on any atom is 0.244 e. The Kier molecular flexibility index (Phi) is 9.23. The van der Waals surface area contributed by atoms with Gasteiger partial charge >= 0.3 is 0 Å². The largest absolute Gasteiger partial charge is 0.493 e. The summed E-state index contributed by atoms with van der Waals surface area (Å²) in [4.78, 5) is 12.3. The Morgan fingerprint density at radius 3 is 2.26 bits per heavy atom. The van der Waals surface area contributed by atoms with Gasteiger partial charge in [-0.15, -0.1) is 0 Å². The Hall–Kier alpha value is -3.64. The summed E-state index contributed by atoms with van der Waals surface area (Å²) in [7, 11) is 4.70. The van der Waals surface area contributed by atoms with Crippen LogP contribution in [-0.2, 0) is 17.8 Å². The zero-order chi connectivity index (χ0) is 24.3. The summed E-state index contributed by atoms with van der Waals surface area (Å²) < 4.78 is 21.9. The molecular weight excluding hydrogens is 454 g/mol. The van der Waals surface area contributed by atoms with Crippen LogP contribution in [0.1, 0.15) is 16.7 Å². The molecule has 0 aromatic heterocycles. The topological polar surface area (TPSA) is 66.0 Å². The number of methoxy groups -OCH3 is 3. The van der Waals surface area contributed by atoms with Crippen LogP contribution in [0.25, 0.3) is 6.08 Å². The molecule has 3 aromatic rings. The fraction of sp³-hybridized carbons (Fsp3) is 0.222. The smallest absolute Gasteiger partial charge is 0.244 e.